The minimum Gasteiger partial charge on any atom is -0.491 e. The summed E-state index contributed by atoms with van der Waals surface area (Å²) in [5.74, 6) is 1.81. The Morgan fingerprint density at radius 3 is 2.42 bits per heavy atom. The molecule has 0 aromatic heterocycles. The maximum absolute atomic E-state index is 12.3. The summed E-state index contributed by atoms with van der Waals surface area (Å²) in [7, 11) is 0. The highest BCUT2D eigenvalue weighted by molar-refractivity contribution is 6.12. The average molecular weight is 488 g/mol. The average Bonchev–Trinajstić information content (AvgIpc) is 3.25. The van der Waals surface area contributed by atoms with Crippen molar-refractivity contribution in [3.8, 4) is 17.2 Å². The molecule has 1 aliphatic heterocycles. The van der Waals surface area contributed by atoms with Crippen LogP contribution in [0.1, 0.15) is 23.6 Å². The van der Waals surface area contributed by atoms with E-state index < -0.39 is 5.97 Å². The van der Waals surface area contributed by atoms with E-state index in [1.54, 1.807) is 12.1 Å². The third-order valence-electron chi connectivity index (χ3n) is 5.18. The number of benzene rings is 3. The number of carbonyl (C=O) groups excluding carboxylic acids is 1. The highest BCUT2D eigenvalue weighted by Crippen LogP contribution is 2.30. The Hall–Kier alpha value is -4.10. The smallest absolute Gasteiger partial charge is 0.363 e. The Morgan fingerprint density at radius 1 is 0.833 bits per heavy atom. The zero-order valence-corrected chi connectivity index (χ0v) is 20.4. The molecule has 3 aromatic rings. The molecule has 0 unspecified atom stereocenters. The van der Waals surface area contributed by atoms with Gasteiger partial charge >= 0.3 is 5.97 Å². The molecule has 186 valence electrons. The van der Waals surface area contributed by atoms with Gasteiger partial charge in [0.1, 0.15) is 19.0 Å². The van der Waals surface area contributed by atoms with Crippen LogP contribution in [0.25, 0.3) is 6.08 Å². The van der Waals surface area contributed by atoms with Gasteiger partial charge in [0.25, 0.3) is 0 Å². The van der Waals surface area contributed by atoms with Crippen molar-refractivity contribution in [1.29, 1.82) is 0 Å². The van der Waals surface area contributed by atoms with E-state index in [9.17, 15) is 4.79 Å². The third kappa shape index (κ3) is 6.96. The number of aliphatic imine (C=N–C) groups is 1. The number of hydrogen-bond acceptors (Lipinski definition) is 7. The molecule has 0 saturated carbocycles. The number of hydrogen-bond donors (Lipinski definition) is 0. The van der Waals surface area contributed by atoms with Gasteiger partial charge in [-0.05, 0) is 67.4 Å². The Morgan fingerprint density at radius 2 is 1.64 bits per heavy atom. The van der Waals surface area contributed by atoms with E-state index in [2.05, 4.69) is 4.99 Å². The quantitative estimate of drug-likeness (QED) is 0.198. The summed E-state index contributed by atoms with van der Waals surface area (Å²) >= 11 is 0. The third-order valence-corrected chi connectivity index (χ3v) is 5.18. The van der Waals surface area contributed by atoms with Crippen molar-refractivity contribution in [3.05, 3.63) is 95.2 Å². The van der Waals surface area contributed by atoms with E-state index >= 15 is 0 Å². The largest absolute Gasteiger partial charge is 0.491 e. The van der Waals surface area contributed by atoms with Crippen molar-refractivity contribution in [2.75, 3.05) is 33.0 Å². The first-order chi connectivity index (χ1) is 17.6. The zero-order valence-electron chi connectivity index (χ0n) is 20.4. The lowest BCUT2D eigenvalue weighted by Gasteiger charge is -2.13. The number of cyclic esters (lactones) is 1. The van der Waals surface area contributed by atoms with Crippen LogP contribution in [0.2, 0.25) is 0 Å². The molecule has 4 rings (SSSR count). The number of ether oxygens (including phenoxy) is 5. The molecule has 36 heavy (non-hydrogen) atoms. The fourth-order valence-electron chi connectivity index (χ4n) is 3.51. The number of esters is 1. The molecule has 0 bridgehead atoms. The van der Waals surface area contributed by atoms with Gasteiger partial charge in [-0.15, -0.1) is 0 Å². The topological polar surface area (TPSA) is 75.6 Å². The van der Waals surface area contributed by atoms with Crippen molar-refractivity contribution in [3.63, 3.8) is 0 Å². The fourth-order valence-corrected chi connectivity index (χ4v) is 3.51. The lowest BCUT2D eigenvalue weighted by atomic mass is 10.1. The summed E-state index contributed by atoms with van der Waals surface area (Å²) in [5.41, 5.74) is 2.88. The Balaban J connectivity index is 1.30. The molecule has 0 amide bonds. The lowest BCUT2D eigenvalue weighted by molar-refractivity contribution is -0.129. The summed E-state index contributed by atoms with van der Waals surface area (Å²) in [6.45, 7) is 6.11. The van der Waals surface area contributed by atoms with E-state index in [4.69, 9.17) is 23.7 Å². The summed E-state index contributed by atoms with van der Waals surface area (Å²) in [5, 5.41) is 0. The van der Waals surface area contributed by atoms with E-state index in [0.29, 0.717) is 50.4 Å². The van der Waals surface area contributed by atoms with Gasteiger partial charge in [-0.25, -0.2) is 9.79 Å². The van der Waals surface area contributed by atoms with Crippen LogP contribution in [0.3, 0.4) is 0 Å². The monoisotopic (exact) mass is 487 g/mol. The molecule has 3 aromatic carbocycles. The van der Waals surface area contributed by atoms with Gasteiger partial charge in [0, 0.05) is 5.56 Å². The van der Waals surface area contributed by atoms with Gasteiger partial charge in [0.05, 0.1) is 19.8 Å². The summed E-state index contributed by atoms with van der Waals surface area (Å²) in [6, 6.07) is 22.7. The van der Waals surface area contributed by atoms with Crippen molar-refractivity contribution in [2.24, 2.45) is 4.99 Å². The molecule has 0 fully saturated rings. The Kier molecular flexibility index (Phi) is 8.72. The molecule has 0 N–H and O–H groups in total. The molecule has 1 heterocycles. The van der Waals surface area contributed by atoms with Crippen LogP contribution < -0.4 is 14.2 Å². The van der Waals surface area contributed by atoms with E-state index in [1.807, 2.05) is 80.6 Å². The van der Waals surface area contributed by atoms with Gasteiger partial charge in [-0.2, -0.15) is 0 Å². The highest BCUT2D eigenvalue weighted by Gasteiger charge is 2.24. The number of nitrogens with zero attached hydrogens (tertiary/aromatic N) is 1. The van der Waals surface area contributed by atoms with Crippen molar-refractivity contribution in [1.82, 2.24) is 0 Å². The van der Waals surface area contributed by atoms with Crippen molar-refractivity contribution in [2.45, 2.75) is 13.8 Å². The van der Waals surface area contributed by atoms with Gasteiger partial charge in [-0.1, -0.05) is 36.4 Å². The fraction of sp³-hybridized carbons (Fsp3) is 0.241. The second-order valence-electron chi connectivity index (χ2n) is 7.97. The summed E-state index contributed by atoms with van der Waals surface area (Å²) in [4.78, 5) is 16.6. The number of carbonyl (C=O) groups is 1. The number of aryl methyl sites for hydroxylation is 1. The molecular formula is C29H29NO6. The maximum Gasteiger partial charge on any atom is 0.363 e. The van der Waals surface area contributed by atoms with Crippen LogP contribution in [0.5, 0.6) is 17.2 Å². The van der Waals surface area contributed by atoms with E-state index in [1.165, 1.54) is 0 Å². The maximum atomic E-state index is 12.3. The Bertz CT molecular complexity index is 1240. The highest BCUT2D eigenvalue weighted by atomic mass is 16.6. The lowest BCUT2D eigenvalue weighted by Crippen LogP contribution is -2.12. The molecule has 0 aliphatic carbocycles. The van der Waals surface area contributed by atoms with Gasteiger partial charge in [-0.3, -0.25) is 0 Å². The van der Waals surface area contributed by atoms with Crippen LogP contribution in [0.4, 0.5) is 0 Å². The second-order valence-corrected chi connectivity index (χ2v) is 7.97. The molecule has 0 saturated heterocycles. The van der Waals surface area contributed by atoms with Crippen LogP contribution in [0.15, 0.2) is 83.5 Å². The first-order valence-electron chi connectivity index (χ1n) is 11.9. The van der Waals surface area contributed by atoms with Crippen LogP contribution >= 0.6 is 0 Å². The van der Waals surface area contributed by atoms with Crippen molar-refractivity contribution < 1.29 is 28.5 Å². The van der Waals surface area contributed by atoms with Crippen LogP contribution in [-0.2, 0) is 14.3 Å². The molecule has 7 nitrogen and oxygen atoms in total. The van der Waals surface area contributed by atoms with Gasteiger partial charge < -0.3 is 23.7 Å². The molecule has 0 spiro atoms. The van der Waals surface area contributed by atoms with Gasteiger partial charge in [0.2, 0.25) is 5.90 Å². The first-order valence-corrected chi connectivity index (χ1v) is 11.9. The normalized spacial score (nSPS) is 13.9. The Labute approximate surface area is 210 Å². The molecule has 1 aliphatic rings. The predicted molar refractivity (Wildman–Crippen MR) is 138 cm³/mol. The molecular weight excluding hydrogens is 458 g/mol. The van der Waals surface area contributed by atoms with E-state index in [0.717, 1.165) is 22.4 Å². The zero-order chi connectivity index (χ0) is 25.2. The standard InChI is InChI=1S/C29H29NO6/c1-3-33-27-20-22(19-25-29(31)36-28(30-25)23-9-5-4-6-10-23)12-13-26(27)35-17-15-32-14-16-34-24-11-7-8-21(2)18-24/h4-13,18-20H,3,14-17H2,1-2H3/b25-19+. The predicted octanol–water partition coefficient (Wildman–Crippen LogP) is 5.21. The van der Waals surface area contributed by atoms with Gasteiger partial charge in [0.15, 0.2) is 17.2 Å². The van der Waals surface area contributed by atoms with Crippen LogP contribution in [0, 0.1) is 6.92 Å². The molecule has 0 atom stereocenters. The second kappa shape index (κ2) is 12.6. The van der Waals surface area contributed by atoms with E-state index in [-0.39, 0.29) is 5.70 Å². The first kappa shape index (κ1) is 25.0. The minimum atomic E-state index is -0.490. The summed E-state index contributed by atoms with van der Waals surface area (Å²) < 4.78 is 28.2. The molecule has 0 radical (unpaired) electrons. The summed E-state index contributed by atoms with van der Waals surface area (Å²) in [6.07, 6.45) is 1.67. The minimum absolute atomic E-state index is 0.228. The molecule has 7 heteroatoms. The van der Waals surface area contributed by atoms with Crippen LogP contribution in [-0.4, -0.2) is 44.9 Å². The SMILES string of the molecule is CCOc1cc(/C=C2/N=C(c3ccccc3)OC2=O)ccc1OCCOCCOc1cccc(C)c1. The van der Waals surface area contributed by atoms with Crippen molar-refractivity contribution >= 4 is 17.9 Å². The number of rotatable bonds is 12.